The molecule has 0 aliphatic rings. The van der Waals surface area contributed by atoms with E-state index in [0.717, 1.165) is 36.2 Å². The summed E-state index contributed by atoms with van der Waals surface area (Å²) >= 11 is 0. The van der Waals surface area contributed by atoms with Crippen LogP contribution in [0.25, 0.3) is 0 Å². The number of hydrogen-bond acceptors (Lipinski definition) is 2. The standard InChI is InChI=1S/C21H12F8N2O/c1-31(17-4-2-10(22)6-13(17)21(27,28)29)18-5-3-12(9-14(18)24)30-20(32)19-15(25)7-11(23)8-16(19)26/h2-9H,1H3,(H,30,32). The third-order valence-electron chi connectivity index (χ3n) is 4.43. The van der Waals surface area contributed by atoms with Gasteiger partial charge in [0.1, 0.15) is 34.6 Å². The summed E-state index contributed by atoms with van der Waals surface area (Å²) in [5.74, 6) is -7.76. The summed E-state index contributed by atoms with van der Waals surface area (Å²) in [7, 11) is 1.11. The summed E-state index contributed by atoms with van der Waals surface area (Å²) in [6, 6.07) is 5.24. The van der Waals surface area contributed by atoms with Gasteiger partial charge in [-0.3, -0.25) is 4.79 Å². The van der Waals surface area contributed by atoms with Crippen LogP contribution >= 0.6 is 0 Å². The average Bonchev–Trinajstić information content (AvgIpc) is 2.66. The van der Waals surface area contributed by atoms with Crippen molar-refractivity contribution in [1.29, 1.82) is 0 Å². The SMILES string of the molecule is CN(c1ccc(NC(=O)c2c(F)cc(F)cc2F)cc1F)c1ccc(F)cc1C(F)(F)F. The molecular weight excluding hydrogens is 448 g/mol. The molecule has 0 aromatic heterocycles. The van der Waals surface area contributed by atoms with E-state index in [4.69, 9.17) is 0 Å². The highest BCUT2D eigenvalue weighted by atomic mass is 19.4. The molecule has 3 aromatic rings. The second-order valence-corrected chi connectivity index (χ2v) is 6.58. The zero-order chi connectivity index (χ0) is 23.8. The Balaban J connectivity index is 1.90. The smallest absolute Gasteiger partial charge is 0.342 e. The predicted molar refractivity (Wildman–Crippen MR) is 100 cm³/mol. The van der Waals surface area contributed by atoms with Crippen molar-refractivity contribution in [2.24, 2.45) is 0 Å². The van der Waals surface area contributed by atoms with E-state index in [2.05, 4.69) is 0 Å². The molecule has 0 aliphatic heterocycles. The zero-order valence-electron chi connectivity index (χ0n) is 16.0. The van der Waals surface area contributed by atoms with Crippen molar-refractivity contribution in [3.05, 3.63) is 88.7 Å². The van der Waals surface area contributed by atoms with Crippen LogP contribution in [0.1, 0.15) is 15.9 Å². The Labute approximate surface area is 175 Å². The molecule has 1 amide bonds. The van der Waals surface area contributed by atoms with Gasteiger partial charge in [0.25, 0.3) is 5.91 Å². The summed E-state index contributed by atoms with van der Waals surface area (Å²) in [5.41, 5.74) is -3.61. The summed E-state index contributed by atoms with van der Waals surface area (Å²) < 4.78 is 108. The van der Waals surface area contributed by atoms with Crippen molar-refractivity contribution in [2.75, 3.05) is 17.3 Å². The largest absolute Gasteiger partial charge is 0.418 e. The van der Waals surface area contributed by atoms with E-state index in [1.54, 1.807) is 0 Å². The van der Waals surface area contributed by atoms with Crippen molar-refractivity contribution in [3.8, 4) is 0 Å². The number of alkyl halides is 3. The van der Waals surface area contributed by atoms with Crippen LogP contribution in [-0.2, 0) is 6.18 Å². The van der Waals surface area contributed by atoms with Crippen molar-refractivity contribution in [1.82, 2.24) is 0 Å². The fourth-order valence-corrected chi connectivity index (χ4v) is 2.97. The van der Waals surface area contributed by atoms with Crippen LogP contribution in [0.3, 0.4) is 0 Å². The number of carbonyl (C=O) groups is 1. The van der Waals surface area contributed by atoms with Gasteiger partial charge in [-0.25, -0.2) is 22.0 Å². The second kappa shape index (κ2) is 8.48. The number of hydrogen-bond donors (Lipinski definition) is 1. The normalized spacial score (nSPS) is 11.4. The third-order valence-corrected chi connectivity index (χ3v) is 4.43. The first-order valence-electron chi connectivity index (χ1n) is 8.74. The lowest BCUT2D eigenvalue weighted by Crippen LogP contribution is -2.19. The van der Waals surface area contributed by atoms with Gasteiger partial charge in [0.05, 0.1) is 16.9 Å². The van der Waals surface area contributed by atoms with Gasteiger partial charge in [-0.2, -0.15) is 13.2 Å². The molecule has 0 bridgehead atoms. The highest BCUT2D eigenvalue weighted by Crippen LogP contribution is 2.39. The maximum absolute atomic E-state index is 14.6. The van der Waals surface area contributed by atoms with Gasteiger partial charge in [0, 0.05) is 24.9 Å². The molecule has 0 radical (unpaired) electrons. The lowest BCUT2D eigenvalue weighted by atomic mass is 10.1. The van der Waals surface area contributed by atoms with Gasteiger partial charge in [-0.1, -0.05) is 0 Å². The van der Waals surface area contributed by atoms with Gasteiger partial charge >= 0.3 is 6.18 Å². The summed E-state index contributed by atoms with van der Waals surface area (Å²) in [4.78, 5) is 12.9. The summed E-state index contributed by atoms with van der Waals surface area (Å²) in [6.45, 7) is 0. The second-order valence-electron chi connectivity index (χ2n) is 6.58. The van der Waals surface area contributed by atoms with Crippen LogP contribution < -0.4 is 10.2 Å². The Morgan fingerprint density at radius 3 is 1.94 bits per heavy atom. The van der Waals surface area contributed by atoms with Crippen LogP contribution in [0.4, 0.5) is 52.2 Å². The van der Waals surface area contributed by atoms with Gasteiger partial charge in [0.2, 0.25) is 0 Å². The molecule has 0 aliphatic carbocycles. The Morgan fingerprint density at radius 2 is 1.38 bits per heavy atom. The number of halogens is 8. The average molecular weight is 460 g/mol. The van der Waals surface area contributed by atoms with Gasteiger partial charge < -0.3 is 10.2 Å². The first-order valence-corrected chi connectivity index (χ1v) is 8.74. The first kappa shape index (κ1) is 23.0. The number of benzene rings is 3. The molecule has 0 atom stereocenters. The molecule has 3 aromatic carbocycles. The number of anilines is 3. The third kappa shape index (κ3) is 4.66. The lowest BCUT2D eigenvalue weighted by molar-refractivity contribution is -0.137. The maximum Gasteiger partial charge on any atom is 0.418 e. The van der Waals surface area contributed by atoms with Gasteiger partial charge in [-0.15, -0.1) is 0 Å². The van der Waals surface area contributed by atoms with Crippen LogP contribution in [0.15, 0.2) is 48.5 Å². The molecular formula is C21H12F8N2O. The van der Waals surface area contributed by atoms with Crippen LogP contribution in [0, 0.1) is 29.1 Å². The number of nitrogens with one attached hydrogen (secondary N) is 1. The molecule has 1 N–H and O–H groups in total. The Morgan fingerprint density at radius 1 is 0.781 bits per heavy atom. The fourth-order valence-electron chi connectivity index (χ4n) is 2.97. The summed E-state index contributed by atoms with van der Waals surface area (Å²) in [6.07, 6.45) is -4.92. The quantitative estimate of drug-likeness (QED) is 0.456. The molecule has 0 saturated carbocycles. The molecule has 0 saturated heterocycles. The van der Waals surface area contributed by atoms with Crippen molar-refractivity contribution < 1.29 is 39.9 Å². The fraction of sp³-hybridized carbons (Fsp3) is 0.0952. The van der Waals surface area contributed by atoms with E-state index < -0.39 is 58.0 Å². The molecule has 0 spiro atoms. The van der Waals surface area contributed by atoms with Crippen molar-refractivity contribution in [3.63, 3.8) is 0 Å². The molecule has 0 unspecified atom stereocenters. The molecule has 168 valence electrons. The molecule has 3 nitrogen and oxygen atoms in total. The first-order chi connectivity index (χ1) is 14.9. The van der Waals surface area contributed by atoms with Crippen LogP contribution in [0.5, 0.6) is 0 Å². The maximum atomic E-state index is 14.6. The molecule has 0 fully saturated rings. The molecule has 0 heterocycles. The lowest BCUT2D eigenvalue weighted by Gasteiger charge is -2.24. The van der Waals surface area contributed by atoms with E-state index >= 15 is 0 Å². The van der Waals surface area contributed by atoms with Crippen LogP contribution in [0.2, 0.25) is 0 Å². The Kier molecular flexibility index (Phi) is 6.11. The molecule has 3 rings (SSSR count). The number of amides is 1. The Hall–Kier alpha value is -3.63. The number of carbonyl (C=O) groups excluding carboxylic acids is 1. The van der Waals surface area contributed by atoms with Crippen molar-refractivity contribution >= 4 is 23.0 Å². The monoisotopic (exact) mass is 460 g/mol. The summed E-state index contributed by atoms with van der Waals surface area (Å²) in [5, 5.41) is 2.02. The van der Waals surface area contributed by atoms with E-state index in [9.17, 15) is 39.9 Å². The van der Waals surface area contributed by atoms with E-state index in [0.29, 0.717) is 6.07 Å². The topological polar surface area (TPSA) is 32.3 Å². The predicted octanol–water partition coefficient (Wildman–Crippen LogP) is 6.42. The van der Waals surface area contributed by atoms with E-state index in [1.807, 2.05) is 5.32 Å². The molecule has 32 heavy (non-hydrogen) atoms. The number of rotatable bonds is 4. The number of nitrogens with zero attached hydrogens (tertiary/aromatic N) is 1. The minimum atomic E-state index is -4.92. The van der Waals surface area contributed by atoms with Gasteiger partial charge in [-0.05, 0) is 36.4 Å². The minimum absolute atomic E-state index is 0.268. The van der Waals surface area contributed by atoms with E-state index in [1.165, 1.54) is 0 Å². The van der Waals surface area contributed by atoms with Crippen LogP contribution in [-0.4, -0.2) is 13.0 Å². The van der Waals surface area contributed by atoms with Gasteiger partial charge in [0.15, 0.2) is 0 Å². The highest BCUT2D eigenvalue weighted by Gasteiger charge is 2.35. The minimum Gasteiger partial charge on any atom is -0.342 e. The zero-order valence-corrected chi connectivity index (χ0v) is 16.0. The van der Waals surface area contributed by atoms with E-state index in [-0.39, 0.29) is 29.6 Å². The van der Waals surface area contributed by atoms with Crippen molar-refractivity contribution in [2.45, 2.75) is 6.18 Å². The highest BCUT2D eigenvalue weighted by molar-refractivity contribution is 6.04. The Bertz CT molecular complexity index is 1170. The molecule has 11 heteroatoms.